The lowest BCUT2D eigenvalue weighted by molar-refractivity contribution is -0.384. The zero-order valence-electron chi connectivity index (χ0n) is 12.7. The monoisotopic (exact) mass is 296 g/mol. The molecule has 0 aliphatic carbocycles. The molecule has 118 valence electrons. The van der Waals surface area contributed by atoms with Crippen LogP contribution in [0.3, 0.4) is 0 Å². The van der Waals surface area contributed by atoms with E-state index in [1.165, 1.54) is 50.7 Å². The Labute approximate surface area is 125 Å². The molecule has 0 saturated carbocycles. The van der Waals surface area contributed by atoms with Gasteiger partial charge in [0.15, 0.2) is 0 Å². The number of halogens is 1. The molecule has 0 aliphatic rings. The Bertz CT molecular complexity index is 438. The lowest BCUT2D eigenvalue weighted by atomic mass is 10.1. The van der Waals surface area contributed by atoms with E-state index in [0.29, 0.717) is 6.54 Å². The van der Waals surface area contributed by atoms with Gasteiger partial charge in [0.25, 0.3) is 5.69 Å². The highest BCUT2D eigenvalue weighted by atomic mass is 19.1. The van der Waals surface area contributed by atoms with E-state index in [2.05, 4.69) is 12.2 Å². The van der Waals surface area contributed by atoms with Gasteiger partial charge in [0.2, 0.25) is 0 Å². The van der Waals surface area contributed by atoms with Crippen LogP contribution in [0.1, 0.15) is 58.3 Å². The minimum absolute atomic E-state index is 0.0732. The van der Waals surface area contributed by atoms with E-state index in [1.54, 1.807) is 0 Å². The Kier molecular flexibility index (Phi) is 8.40. The molecule has 4 nitrogen and oxygen atoms in total. The number of nitro benzene ring substituents is 1. The van der Waals surface area contributed by atoms with Crippen molar-refractivity contribution in [3.05, 3.63) is 34.1 Å². The molecular formula is C16H25FN2O2. The number of nitro groups is 1. The molecule has 1 aromatic rings. The van der Waals surface area contributed by atoms with Crippen molar-refractivity contribution in [1.82, 2.24) is 0 Å². The van der Waals surface area contributed by atoms with Crippen molar-refractivity contribution in [2.75, 3.05) is 11.9 Å². The first-order valence-corrected chi connectivity index (χ1v) is 7.83. The Morgan fingerprint density at radius 3 is 2.33 bits per heavy atom. The van der Waals surface area contributed by atoms with Crippen molar-refractivity contribution in [2.45, 2.75) is 58.3 Å². The summed E-state index contributed by atoms with van der Waals surface area (Å²) in [5.74, 6) is -0.459. The van der Waals surface area contributed by atoms with Gasteiger partial charge in [0.05, 0.1) is 4.92 Å². The van der Waals surface area contributed by atoms with E-state index in [-0.39, 0.29) is 11.4 Å². The van der Waals surface area contributed by atoms with Gasteiger partial charge in [-0.3, -0.25) is 10.1 Å². The lowest BCUT2D eigenvalue weighted by Crippen LogP contribution is -2.04. The highest BCUT2D eigenvalue weighted by molar-refractivity contribution is 5.61. The zero-order chi connectivity index (χ0) is 15.5. The molecule has 0 aromatic heterocycles. The first kappa shape index (κ1) is 17.4. The number of benzene rings is 1. The van der Waals surface area contributed by atoms with Crippen molar-refractivity contribution < 1.29 is 9.31 Å². The fourth-order valence-electron chi connectivity index (χ4n) is 2.29. The van der Waals surface area contributed by atoms with Crippen LogP contribution in [-0.4, -0.2) is 11.5 Å². The third-order valence-corrected chi connectivity index (χ3v) is 3.50. The van der Waals surface area contributed by atoms with Crippen LogP contribution in [0.15, 0.2) is 18.2 Å². The van der Waals surface area contributed by atoms with Gasteiger partial charge < -0.3 is 5.32 Å². The number of unbranched alkanes of at least 4 members (excludes halogenated alkanes) is 7. The number of nitrogens with one attached hydrogen (secondary N) is 1. The molecule has 21 heavy (non-hydrogen) atoms. The first-order valence-electron chi connectivity index (χ1n) is 7.83. The Hall–Kier alpha value is -1.65. The van der Waals surface area contributed by atoms with Gasteiger partial charge in [-0.25, -0.2) is 4.39 Å². The third-order valence-electron chi connectivity index (χ3n) is 3.50. The van der Waals surface area contributed by atoms with E-state index in [0.717, 1.165) is 18.9 Å². The van der Waals surface area contributed by atoms with Crippen molar-refractivity contribution in [3.8, 4) is 0 Å². The normalized spacial score (nSPS) is 10.6. The van der Waals surface area contributed by atoms with Gasteiger partial charge in [-0.15, -0.1) is 0 Å². The molecular weight excluding hydrogens is 271 g/mol. The van der Waals surface area contributed by atoms with Gasteiger partial charge >= 0.3 is 0 Å². The maximum Gasteiger partial charge on any atom is 0.292 e. The number of nitrogens with zero attached hydrogens (tertiary/aromatic N) is 1. The topological polar surface area (TPSA) is 55.2 Å². The van der Waals surface area contributed by atoms with Gasteiger partial charge in [0, 0.05) is 18.7 Å². The second-order valence-electron chi connectivity index (χ2n) is 5.32. The second kappa shape index (κ2) is 10.1. The van der Waals surface area contributed by atoms with Crippen molar-refractivity contribution in [2.24, 2.45) is 0 Å². The standard InChI is InChI=1S/C16H25FN2O2/c1-2-3-4-5-6-7-8-9-12-18-15-13-14(17)10-11-16(15)19(20)21/h10-11,13,18H,2-9,12H2,1H3. The molecule has 5 heteroatoms. The second-order valence-corrected chi connectivity index (χ2v) is 5.32. The molecule has 0 heterocycles. The SMILES string of the molecule is CCCCCCCCCCNc1cc(F)ccc1[N+](=O)[O-]. The van der Waals surface area contributed by atoms with Crippen LogP contribution in [0.25, 0.3) is 0 Å². The smallest absolute Gasteiger partial charge is 0.292 e. The highest BCUT2D eigenvalue weighted by Crippen LogP contribution is 2.24. The van der Waals surface area contributed by atoms with Crippen LogP contribution in [0.4, 0.5) is 15.8 Å². The predicted molar refractivity (Wildman–Crippen MR) is 84.2 cm³/mol. The number of anilines is 1. The van der Waals surface area contributed by atoms with Gasteiger partial charge in [-0.1, -0.05) is 51.9 Å². The van der Waals surface area contributed by atoms with Crippen LogP contribution < -0.4 is 5.32 Å². The molecule has 0 aliphatic heterocycles. The molecule has 0 fully saturated rings. The summed E-state index contributed by atoms with van der Waals surface area (Å²) in [4.78, 5) is 10.3. The van der Waals surface area contributed by atoms with Crippen LogP contribution >= 0.6 is 0 Å². The van der Waals surface area contributed by atoms with Crippen molar-refractivity contribution >= 4 is 11.4 Å². The highest BCUT2D eigenvalue weighted by Gasteiger charge is 2.13. The Morgan fingerprint density at radius 1 is 1.10 bits per heavy atom. The molecule has 0 radical (unpaired) electrons. The molecule has 0 spiro atoms. The fourth-order valence-corrected chi connectivity index (χ4v) is 2.29. The summed E-state index contributed by atoms with van der Waals surface area (Å²) in [5.41, 5.74) is 0.193. The molecule has 1 rings (SSSR count). The third kappa shape index (κ3) is 7.06. The number of hydrogen-bond donors (Lipinski definition) is 1. The van der Waals surface area contributed by atoms with Gasteiger partial charge in [0.1, 0.15) is 11.5 Å². The quantitative estimate of drug-likeness (QED) is 0.343. The molecule has 1 N–H and O–H groups in total. The average Bonchev–Trinajstić information content (AvgIpc) is 2.45. The van der Waals surface area contributed by atoms with E-state index >= 15 is 0 Å². The van der Waals surface area contributed by atoms with E-state index < -0.39 is 10.7 Å². The minimum Gasteiger partial charge on any atom is -0.379 e. The van der Waals surface area contributed by atoms with Crippen LogP contribution in [0, 0.1) is 15.9 Å². The summed E-state index contributed by atoms with van der Waals surface area (Å²) in [5, 5.41) is 13.8. The molecule has 0 unspecified atom stereocenters. The molecule has 0 atom stereocenters. The van der Waals surface area contributed by atoms with Gasteiger partial charge in [-0.2, -0.15) is 0 Å². The molecule has 0 amide bonds. The van der Waals surface area contributed by atoms with E-state index in [9.17, 15) is 14.5 Å². The van der Waals surface area contributed by atoms with Crippen LogP contribution in [0.2, 0.25) is 0 Å². The Balaban J connectivity index is 2.21. The lowest BCUT2D eigenvalue weighted by Gasteiger charge is -2.07. The summed E-state index contributed by atoms with van der Waals surface area (Å²) < 4.78 is 13.1. The summed E-state index contributed by atoms with van der Waals surface area (Å²) >= 11 is 0. The van der Waals surface area contributed by atoms with Gasteiger partial charge in [-0.05, 0) is 12.5 Å². The molecule has 0 bridgehead atoms. The molecule has 0 saturated heterocycles. The largest absolute Gasteiger partial charge is 0.379 e. The minimum atomic E-state index is -0.491. The maximum atomic E-state index is 13.1. The predicted octanol–water partition coefficient (Wildman–Crippen LogP) is 5.29. The first-order chi connectivity index (χ1) is 10.1. The van der Waals surface area contributed by atoms with Crippen LogP contribution in [0.5, 0.6) is 0 Å². The van der Waals surface area contributed by atoms with Crippen LogP contribution in [-0.2, 0) is 0 Å². The van der Waals surface area contributed by atoms with E-state index in [1.807, 2.05) is 0 Å². The zero-order valence-corrected chi connectivity index (χ0v) is 12.7. The number of hydrogen-bond acceptors (Lipinski definition) is 3. The van der Waals surface area contributed by atoms with Crippen molar-refractivity contribution in [3.63, 3.8) is 0 Å². The van der Waals surface area contributed by atoms with E-state index in [4.69, 9.17) is 0 Å². The summed E-state index contributed by atoms with van der Waals surface area (Å²) in [6, 6.07) is 3.49. The molecule has 1 aromatic carbocycles. The van der Waals surface area contributed by atoms with Crippen molar-refractivity contribution in [1.29, 1.82) is 0 Å². The summed E-state index contributed by atoms with van der Waals surface area (Å²) in [6.45, 7) is 2.84. The number of rotatable bonds is 11. The fraction of sp³-hybridized carbons (Fsp3) is 0.625. The Morgan fingerprint density at radius 2 is 1.71 bits per heavy atom. The summed E-state index contributed by atoms with van der Waals surface area (Å²) in [6.07, 6.45) is 9.66. The maximum absolute atomic E-state index is 13.1. The average molecular weight is 296 g/mol. The summed E-state index contributed by atoms with van der Waals surface area (Å²) in [7, 11) is 0.